The van der Waals surface area contributed by atoms with Gasteiger partial charge in [0.05, 0.1) is 12.1 Å². The molecule has 0 aliphatic rings. The second kappa shape index (κ2) is 14.2. The first kappa shape index (κ1) is 28.0. The summed E-state index contributed by atoms with van der Waals surface area (Å²) in [5, 5.41) is 27.0. The van der Waals surface area contributed by atoms with Crippen LogP contribution in [0.5, 0.6) is 17.2 Å². The number of hydrogen-bond donors (Lipinski definition) is 4. The molecule has 4 aromatic rings. The summed E-state index contributed by atoms with van der Waals surface area (Å²) < 4.78 is 11.7. The number of rotatable bonds is 14. The average molecular weight is 530 g/mol. The Labute approximate surface area is 228 Å². The van der Waals surface area contributed by atoms with Gasteiger partial charge in [-0.15, -0.1) is 0 Å². The molecule has 0 bridgehead atoms. The summed E-state index contributed by atoms with van der Waals surface area (Å²) in [5.74, 6) is 1.90. The molecule has 0 radical (unpaired) electrons. The predicted octanol–water partition coefficient (Wildman–Crippen LogP) is 4.10. The number of pyridine rings is 1. The molecule has 8 heteroatoms. The highest BCUT2D eigenvalue weighted by Gasteiger charge is 2.13. The zero-order valence-corrected chi connectivity index (χ0v) is 22.0. The number of hydrogen-bond acceptors (Lipinski definition) is 7. The van der Waals surface area contributed by atoms with E-state index in [2.05, 4.69) is 15.6 Å². The Hall–Kier alpha value is -3.98. The van der Waals surface area contributed by atoms with E-state index in [9.17, 15) is 15.0 Å². The molecule has 0 saturated heterocycles. The van der Waals surface area contributed by atoms with E-state index in [0.717, 1.165) is 17.4 Å². The van der Waals surface area contributed by atoms with Gasteiger partial charge in [0.15, 0.2) is 0 Å². The third-order valence-corrected chi connectivity index (χ3v) is 6.18. The van der Waals surface area contributed by atoms with Crippen LogP contribution in [-0.4, -0.2) is 59.6 Å². The van der Waals surface area contributed by atoms with Gasteiger partial charge in [0.1, 0.15) is 30.0 Å². The molecular formula is C31H35N3O5. The number of amides is 1. The smallest absolute Gasteiger partial charge is 0.251 e. The van der Waals surface area contributed by atoms with Crippen molar-refractivity contribution in [3.8, 4) is 17.2 Å². The Kier molecular flexibility index (Phi) is 10.2. The van der Waals surface area contributed by atoms with Crippen LogP contribution >= 0.6 is 0 Å². The molecule has 0 saturated carbocycles. The summed E-state index contributed by atoms with van der Waals surface area (Å²) in [7, 11) is 0. The van der Waals surface area contributed by atoms with Gasteiger partial charge in [0.25, 0.3) is 5.91 Å². The highest BCUT2D eigenvalue weighted by atomic mass is 16.5. The number of ether oxygens (including phenoxy) is 2. The Bertz CT molecular complexity index is 1330. The van der Waals surface area contributed by atoms with Gasteiger partial charge < -0.3 is 30.3 Å². The maximum absolute atomic E-state index is 12.3. The number of aliphatic hydroxyl groups is 2. The van der Waals surface area contributed by atoms with Crippen molar-refractivity contribution < 1.29 is 24.5 Å². The third-order valence-electron chi connectivity index (χ3n) is 6.18. The minimum absolute atomic E-state index is 0.0635. The summed E-state index contributed by atoms with van der Waals surface area (Å²) in [5.41, 5.74) is 2.26. The lowest BCUT2D eigenvalue weighted by Crippen LogP contribution is -2.41. The van der Waals surface area contributed by atoms with Crippen molar-refractivity contribution >= 4 is 16.8 Å². The molecule has 204 valence electrons. The van der Waals surface area contributed by atoms with Crippen LogP contribution in [0.15, 0.2) is 85.1 Å². The van der Waals surface area contributed by atoms with Crippen LogP contribution < -0.4 is 20.1 Å². The van der Waals surface area contributed by atoms with E-state index in [1.54, 1.807) is 24.4 Å². The fraction of sp³-hybridized carbons (Fsp3) is 0.290. The summed E-state index contributed by atoms with van der Waals surface area (Å²) in [6.07, 6.45) is 2.42. The predicted molar refractivity (Wildman–Crippen MR) is 151 cm³/mol. The second-order valence-corrected chi connectivity index (χ2v) is 9.31. The van der Waals surface area contributed by atoms with Gasteiger partial charge in [0.2, 0.25) is 0 Å². The summed E-state index contributed by atoms with van der Waals surface area (Å²) in [4.78, 5) is 16.7. The maximum atomic E-state index is 12.3. The summed E-state index contributed by atoms with van der Waals surface area (Å²) in [6.45, 7) is 3.04. The number of nitrogens with zero attached hydrogens (tertiary/aromatic N) is 1. The number of para-hydroxylation sites is 1. The maximum Gasteiger partial charge on any atom is 0.251 e. The van der Waals surface area contributed by atoms with Crippen molar-refractivity contribution in [3.05, 3.63) is 96.2 Å². The average Bonchev–Trinajstić information content (AvgIpc) is 2.98. The lowest BCUT2D eigenvalue weighted by atomic mass is 10.1. The molecule has 4 rings (SSSR count). The summed E-state index contributed by atoms with van der Waals surface area (Å²) in [6, 6.07) is 24.0. The topological polar surface area (TPSA) is 113 Å². The quantitative estimate of drug-likeness (QED) is 0.195. The fourth-order valence-electron chi connectivity index (χ4n) is 4.07. The number of aromatic nitrogens is 1. The zero-order valence-electron chi connectivity index (χ0n) is 22.0. The van der Waals surface area contributed by atoms with Crippen LogP contribution in [0.25, 0.3) is 10.9 Å². The highest BCUT2D eigenvalue weighted by molar-refractivity contribution is 5.98. The number of nitrogens with one attached hydrogen (secondary N) is 2. The molecule has 0 unspecified atom stereocenters. The SMILES string of the molecule is CCCNC(=O)c1ccc2c(Oc3ccc(C[C@@H](CO)NC[C@H](O)COc4ccccc4)cc3)ccnc2c1. The molecule has 1 aromatic heterocycles. The normalized spacial score (nSPS) is 12.6. The first-order chi connectivity index (χ1) is 19.1. The molecule has 0 aliphatic heterocycles. The number of carbonyl (C=O) groups is 1. The van der Waals surface area contributed by atoms with Crippen molar-refractivity contribution in [1.82, 2.24) is 15.6 Å². The largest absolute Gasteiger partial charge is 0.491 e. The first-order valence-corrected chi connectivity index (χ1v) is 13.2. The van der Waals surface area contributed by atoms with Crippen LogP contribution in [0.1, 0.15) is 29.3 Å². The Morgan fingerprint density at radius 2 is 1.79 bits per heavy atom. The van der Waals surface area contributed by atoms with Gasteiger partial charge >= 0.3 is 0 Å². The molecule has 0 aliphatic carbocycles. The Morgan fingerprint density at radius 3 is 2.54 bits per heavy atom. The van der Waals surface area contributed by atoms with Gasteiger partial charge in [0, 0.05) is 36.3 Å². The van der Waals surface area contributed by atoms with E-state index in [1.807, 2.05) is 67.6 Å². The van der Waals surface area contributed by atoms with Crippen LogP contribution in [-0.2, 0) is 6.42 Å². The van der Waals surface area contributed by atoms with Crippen LogP contribution in [0.2, 0.25) is 0 Å². The first-order valence-electron chi connectivity index (χ1n) is 13.2. The van der Waals surface area contributed by atoms with Gasteiger partial charge in [-0.25, -0.2) is 0 Å². The molecule has 2 atom stereocenters. The van der Waals surface area contributed by atoms with Crippen molar-refractivity contribution in [3.63, 3.8) is 0 Å². The fourth-order valence-corrected chi connectivity index (χ4v) is 4.07. The molecule has 8 nitrogen and oxygen atoms in total. The number of aliphatic hydroxyl groups excluding tert-OH is 2. The molecule has 0 fully saturated rings. The van der Waals surface area contributed by atoms with Gasteiger partial charge in [-0.1, -0.05) is 37.3 Å². The van der Waals surface area contributed by atoms with E-state index < -0.39 is 6.10 Å². The summed E-state index contributed by atoms with van der Waals surface area (Å²) >= 11 is 0. The van der Waals surface area contributed by atoms with Crippen LogP contribution in [0.4, 0.5) is 0 Å². The Morgan fingerprint density at radius 1 is 1.00 bits per heavy atom. The molecule has 0 spiro atoms. The van der Waals surface area contributed by atoms with Crippen LogP contribution in [0, 0.1) is 0 Å². The van der Waals surface area contributed by atoms with Crippen molar-refractivity contribution in [2.45, 2.75) is 31.9 Å². The lowest BCUT2D eigenvalue weighted by molar-refractivity contribution is 0.0953. The second-order valence-electron chi connectivity index (χ2n) is 9.31. The van der Waals surface area contributed by atoms with E-state index in [4.69, 9.17) is 9.47 Å². The molecule has 3 aromatic carbocycles. The molecule has 1 heterocycles. The monoisotopic (exact) mass is 529 g/mol. The van der Waals surface area contributed by atoms with E-state index in [-0.39, 0.29) is 25.2 Å². The molecule has 1 amide bonds. The van der Waals surface area contributed by atoms with Crippen molar-refractivity contribution in [1.29, 1.82) is 0 Å². The zero-order chi connectivity index (χ0) is 27.5. The minimum atomic E-state index is -0.702. The van der Waals surface area contributed by atoms with E-state index in [1.165, 1.54) is 0 Å². The minimum Gasteiger partial charge on any atom is -0.491 e. The van der Waals surface area contributed by atoms with Gasteiger partial charge in [-0.05, 0) is 66.9 Å². The molecular weight excluding hydrogens is 494 g/mol. The van der Waals surface area contributed by atoms with E-state index in [0.29, 0.717) is 47.8 Å². The van der Waals surface area contributed by atoms with Crippen molar-refractivity contribution in [2.24, 2.45) is 0 Å². The Balaban J connectivity index is 1.31. The van der Waals surface area contributed by atoms with Crippen LogP contribution in [0.3, 0.4) is 0 Å². The van der Waals surface area contributed by atoms with Gasteiger partial charge in [-0.2, -0.15) is 0 Å². The lowest BCUT2D eigenvalue weighted by Gasteiger charge is -2.19. The molecule has 4 N–H and O–H groups in total. The number of carbonyl (C=O) groups excluding carboxylic acids is 1. The van der Waals surface area contributed by atoms with Gasteiger partial charge in [-0.3, -0.25) is 9.78 Å². The van der Waals surface area contributed by atoms with Crippen molar-refractivity contribution in [2.75, 3.05) is 26.3 Å². The highest BCUT2D eigenvalue weighted by Crippen LogP contribution is 2.29. The third kappa shape index (κ3) is 8.25. The number of fused-ring (bicyclic) bond motifs is 1. The molecule has 39 heavy (non-hydrogen) atoms. The van der Waals surface area contributed by atoms with E-state index >= 15 is 0 Å². The number of benzene rings is 3. The standard InChI is InChI=1S/C31H35N3O5/c1-2-15-33-31(37)23-10-13-28-29(18-23)32-16-14-30(28)39-27-11-8-22(9-12-27)17-24(20-35)34-19-25(36)21-38-26-6-4-3-5-7-26/h3-14,16,18,24-25,34-36H,2,15,17,19-21H2,1H3,(H,33,37)/t24-,25-/m0/s1.